The van der Waals surface area contributed by atoms with Gasteiger partial charge in [-0.15, -0.1) is 0 Å². The predicted molar refractivity (Wildman–Crippen MR) is 65.2 cm³/mol. The molecule has 0 radical (unpaired) electrons. The number of H-pyrrole nitrogens is 1. The maximum atomic E-state index is 5.31. The number of imidazole rings is 1. The number of morpholine rings is 1. The number of methoxy groups -OCH3 is 1. The summed E-state index contributed by atoms with van der Waals surface area (Å²) in [7, 11) is 1.70. The molecule has 0 aliphatic carbocycles. The number of ether oxygens (including phenoxy) is 2. The highest BCUT2D eigenvalue weighted by molar-refractivity contribution is 5.31. The lowest BCUT2D eigenvalue weighted by molar-refractivity contribution is 0.122. The third-order valence-electron chi connectivity index (χ3n) is 2.72. The van der Waals surface area contributed by atoms with E-state index in [1.165, 1.54) is 0 Å². The van der Waals surface area contributed by atoms with Crippen LogP contribution in [0.15, 0.2) is 6.20 Å². The number of rotatable bonds is 6. The van der Waals surface area contributed by atoms with Gasteiger partial charge in [-0.25, -0.2) is 4.98 Å². The van der Waals surface area contributed by atoms with Crippen LogP contribution in [0.25, 0.3) is 0 Å². The van der Waals surface area contributed by atoms with E-state index in [4.69, 9.17) is 9.47 Å². The molecule has 0 amide bonds. The molecule has 1 fully saturated rings. The molecule has 2 N–H and O–H groups in total. The van der Waals surface area contributed by atoms with E-state index in [1.807, 2.05) is 6.20 Å². The van der Waals surface area contributed by atoms with Crippen LogP contribution in [-0.4, -0.2) is 56.5 Å². The zero-order valence-corrected chi connectivity index (χ0v) is 10.2. The standard InChI is InChI=1S/C11H20N4O2/c1-16-5-2-12-8-10-9-13-11(14-10)15-3-6-17-7-4-15/h9,12H,2-8H2,1H3,(H,13,14). The van der Waals surface area contributed by atoms with Crippen LogP contribution in [0.3, 0.4) is 0 Å². The van der Waals surface area contributed by atoms with Gasteiger partial charge in [-0.3, -0.25) is 0 Å². The number of aromatic amines is 1. The largest absolute Gasteiger partial charge is 0.383 e. The van der Waals surface area contributed by atoms with Crippen molar-refractivity contribution in [3.05, 3.63) is 11.9 Å². The number of aromatic nitrogens is 2. The highest BCUT2D eigenvalue weighted by atomic mass is 16.5. The van der Waals surface area contributed by atoms with Crippen molar-refractivity contribution in [2.75, 3.05) is 51.5 Å². The summed E-state index contributed by atoms with van der Waals surface area (Å²) in [5.74, 6) is 0.942. The van der Waals surface area contributed by atoms with Crippen LogP contribution < -0.4 is 10.2 Å². The normalized spacial score (nSPS) is 16.4. The van der Waals surface area contributed by atoms with Crippen LogP contribution in [-0.2, 0) is 16.0 Å². The van der Waals surface area contributed by atoms with E-state index in [0.29, 0.717) is 0 Å². The first-order valence-electron chi connectivity index (χ1n) is 5.96. The lowest BCUT2D eigenvalue weighted by Gasteiger charge is -2.26. The van der Waals surface area contributed by atoms with Crippen molar-refractivity contribution in [1.82, 2.24) is 15.3 Å². The Balaban J connectivity index is 1.78. The van der Waals surface area contributed by atoms with Gasteiger partial charge in [0.1, 0.15) is 0 Å². The van der Waals surface area contributed by atoms with E-state index in [2.05, 4.69) is 20.2 Å². The molecule has 2 rings (SSSR count). The van der Waals surface area contributed by atoms with Crippen LogP contribution in [0.1, 0.15) is 5.69 Å². The van der Waals surface area contributed by atoms with E-state index in [9.17, 15) is 0 Å². The summed E-state index contributed by atoms with van der Waals surface area (Å²) in [5.41, 5.74) is 1.10. The van der Waals surface area contributed by atoms with Crippen molar-refractivity contribution >= 4 is 5.95 Å². The van der Waals surface area contributed by atoms with Crippen molar-refractivity contribution in [2.24, 2.45) is 0 Å². The monoisotopic (exact) mass is 240 g/mol. The molecule has 0 saturated carbocycles. The van der Waals surface area contributed by atoms with Gasteiger partial charge in [0, 0.05) is 33.3 Å². The van der Waals surface area contributed by atoms with Crippen molar-refractivity contribution in [2.45, 2.75) is 6.54 Å². The van der Waals surface area contributed by atoms with Gasteiger partial charge in [-0.2, -0.15) is 0 Å². The third kappa shape index (κ3) is 3.69. The summed E-state index contributed by atoms with van der Waals surface area (Å²) in [6.45, 7) is 5.74. The average molecular weight is 240 g/mol. The fraction of sp³-hybridized carbons (Fsp3) is 0.727. The van der Waals surface area contributed by atoms with E-state index >= 15 is 0 Å². The van der Waals surface area contributed by atoms with Crippen molar-refractivity contribution in [1.29, 1.82) is 0 Å². The topological polar surface area (TPSA) is 62.4 Å². The molecule has 1 aliphatic heterocycles. The van der Waals surface area contributed by atoms with E-state index < -0.39 is 0 Å². The Morgan fingerprint density at radius 3 is 3.12 bits per heavy atom. The van der Waals surface area contributed by atoms with Gasteiger partial charge in [0.25, 0.3) is 0 Å². The molecule has 1 aromatic heterocycles. The Bertz CT molecular complexity index is 323. The van der Waals surface area contributed by atoms with Crippen LogP contribution >= 0.6 is 0 Å². The number of hydrogen-bond donors (Lipinski definition) is 2. The Morgan fingerprint density at radius 2 is 2.35 bits per heavy atom. The third-order valence-corrected chi connectivity index (χ3v) is 2.72. The molecule has 0 unspecified atom stereocenters. The molecule has 0 bridgehead atoms. The van der Waals surface area contributed by atoms with Crippen LogP contribution in [0.4, 0.5) is 5.95 Å². The van der Waals surface area contributed by atoms with E-state index in [1.54, 1.807) is 7.11 Å². The Kier molecular flexibility index (Phi) is 4.78. The van der Waals surface area contributed by atoms with E-state index in [0.717, 1.165) is 57.6 Å². The molecule has 1 aromatic rings. The zero-order valence-electron chi connectivity index (χ0n) is 10.2. The van der Waals surface area contributed by atoms with Gasteiger partial charge >= 0.3 is 0 Å². The summed E-state index contributed by atoms with van der Waals surface area (Å²) < 4.78 is 10.3. The minimum atomic E-state index is 0.727. The van der Waals surface area contributed by atoms with E-state index in [-0.39, 0.29) is 0 Å². The second-order valence-electron chi connectivity index (χ2n) is 4.00. The summed E-state index contributed by atoms with van der Waals surface area (Å²) in [5, 5.41) is 3.28. The highest BCUT2D eigenvalue weighted by Gasteiger charge is 2.13. The molecule has 17 heavy (non-hydrogen) atoms. The van der Waals surface area contributed by atoms with Crippen LogP contribution in [0.2, 0.25) is 0 Å². The Labute approximate surface area is 101 Å². The Hall–Kier alpha value is -1.11. The van der Waals surface area contributed by atoms with Gasteiger partial charge in [-0.05, 0) is 0 Å². The second-order valence-corrected chi connectivity index (χ2v) is 4.00. The smallest absolute Gasteiger partial charge is 0.203 e. The van der Waals surface area contributed by atoms with Gasteiger partial charge in [-0.1, -0.05) is 0 Å². The number of hydrogen-bond acceptors (Lipinski definition) is 5. The predicted octanol–water partition coefficient (Wildman–Crippen LogP) is -0.0177. The van der Waals surface area contributed by atoms with Crippen molar-refractivity contribution in [3.8, 4) is 0 Å². The lowest BCUT2D eigenvalue weighted by Crippen LogP contribution is -2.36. The molecule has 96 valence electrons. The molecule has 0 aromatic carbocycles. The quantitative estimate of drug-likeness (QED) is 0.684. The molecule has 0 spiro atoms. The van der Waals surface area contributed by atoms with Gasteiger partial charge in [0.15, 0.2) is 0 Å². The summed E-state index contributed by atoms with van der Waals surface area (Å²) in [4.78, 5) is 9.91. The molecular formula is C11H20N4O2. The van der Waals surface area contributed by atoms with Crippen molar-refractivity contribution < 1.29 is 9.47 Å². The fourth-order valence-electron chi connectivity index (χ4n) is 1.77. The first-order valence-corrected chi connectivity index (χ1v) is 5.96. The SMILES string of the molecule is COCCNCc1cnc(N2CCOCC2)[nH]1. The summed E-state index contributed by atoms with van der Waals surface area (Å²) in [6, 6.07) is 0. The average Bonchev–Trinajstić information content (AvgIpc) is 2.85. The number of nitrogens with zero attached hydrogens (tertiary/aromatic N) is 2. The van der Waals surface area contributed by atoms with Gasteiger partial charge < -0.3 is 24.7 Å². The molecule has 6 nitrogen and oxygen atoms in total. The highest BCUT2D eigenvalue weighted by Crippen LogP contribution is 2.10. The van der Waals surface area contributed by atoms with Crippen LogP contribution in [0.5, 0.6) is 0 Å². The maximum Gasteiger partial charge on any atom is 0.203 e. The van der Waals surface area contributed by atoms with Crippen LogP contribution in [0, 0.1) is 0 Å². The maximum absolute atomic E-state index is 5.31. The first kappa shape index (κ1) is 12.3. The van der Waals surface area contributed by atoms with Crippen molar-refractivity contribution in [3.63, 3.8) is 0 Å². The number of nitrogens with one attached hydrogen (secondary N) is 2. The zero-order chi connectivity index (χ0) is 11.9. The molecule has 0 atom stereocenters. The Morgan fingerprint density at radius 1 is 1.53 bits per heavy atom. The molecule has 1 aliphatic rings. The number of anilines is 1. The molecular weight excluding hydrogens is 220 g/mol. The summed E-state index contributed by atoms with van der Waals surface area (Å²) in [6.07, 6.45) is 1.88. The molecule has 2 heterocycles. The van der Waals surface area contributed by atoms with Gasteiger partial charge in [0.05, 0.1) is 31.7 Å². The fourth-order valence-corrected chi connectivity index (χ4v) is 1.77. The van der Waals surface area contributed by atoms with Gasteiger partial charge in [0.2, 0.25) is 5.95 Å². The minimum absolute atomic E-state index is 0.727. The summed E-state index contributed by atoms with van der Waals surface area (Å²) >= 11 is 0. The molecule has 6 heteroatoms. The lowest BCUT2D eigenvalue weighted by atomic mass is 10.4. The minimum Gasteiger partial charge on any atom is -0.383 e. The first-order chi connectivity index (χ1) is 8.40. The molecule has 1 saturated heterocycles. The second kappa shape index (κ2) is 6.58.